The largest absolute Gasteiger partial charge is 0.314 e. The van der Waals surface area contributed by atoms with Crippen LogP contribution in [0.2, 0.25) is 0 Å². The molecule has 0 heterocycles. The van der Waals surface area contributed by atoms with E-state index in [-0.39, 0.29) is 17.4 Å². The van der Waals surface area contributed by atoms with E-state index in [1.807, 2.05) is 33.2 Å². The van der Waals surface area contributed by atoms with Gasteiger partial charge in [-0.15, -0.1) is 0 Å². The third kappa shape index (κ3) is 3.79. The Hall–Kier alpha value is -0.930. The van der Waals surface area contributed by atoms with Gasteiger partial charge in [0.2, 0.25) is 0 Å². The Bertz CT molecular complexity index is 363. The Labute approximate surface area is 104 Å². The molecule has 17 heavy (non-hydrogen) atoms. The summed E-state index contributed by atoms with van der Waals surface area (Å²) in [4.78, 5) is 2.16. The van der Waals surface area contributed by atoms with Crippen molar-refractivity contribution in [2.75, 3.05) is 20.6 Å². The summed E-state index contributed by atoms with van der Waals surface area (Å²) in [7, 11) is 3.97. The molecule has 1 aromatic carbocycles. The van der Waals surface area contributed by atoms with E-state index in [0.717, 1.165) is 12.1 Å². The van der Waals surface area contributed by atoms with Crippen molar-refractivity contribution in [3.8, 4) is 0 Å². The zero-order chi connectivity index (χ0) is 13.1. The molecule has 1 rings (SSSR count). The predicted molar refractivity (Wildman–Crippen MR) is 70.6 cm³/mol. The molecular formula is C14H23FN2. The maximum atomic E-state index is 13.7. The number of nitrogens with one attached hydrogen (secondary N) is 1. The van der Waals surface area contributed by atoms with Crippen molar-refractivity contribution >= 4 is 0 Å². The fraction of sp³-hybridized carbons (Fsp3) is 0.571. The van der Waals surface area contributed by atoms with Crippen LogP contribution in [0.15, 0.2) is 24.3 Å². The van der Waals surface area contributed by atoms with Crippen LogP contribution in [-0.2, 0) is 0 Å². The average Bonchev–Trinajstić information content (AvgIpc) is 2.28. The molecule has 3 heteroatoms. The van der Waals surface area contributed by atoms with E-state index in [1.54, 1.807) is 6.07 Å². The first-order chi connectivity index (χ1) is 7.87. The van der Waals surface area contributed by atoms with Gasteiger partial charge in [0.15, 0.2) is 0 Å². The quantitative estimate of drug-likeness (QED) is 0.848. The van der Waals surface area contributed by atoms with E-state index in [2.05, 4.69) is 24.1 Å². The molecule has 1 atom stereocenters. The zero-order valence-electron chi connectivity index (χ0n) is 11.4. The highest BCUT2D eigenvalue weighted by Crippen LogP contribution is 2.22. The SMILES string of the molecule is CNC(C)(C)CN(C)C(C)c1ccccc1F. The van der Waals surface area contributed by atoms with Gasteiger partial charge in [-0.05, 0) is 40.9 Å². The molecule has 0 aliphatic heterocycles. The predicted octanol–water partition coefficient (Wildman–Crippen LogP) is 2.82. The lowest BCUT2D eigenvalue weighted by molar-refractivity contribution is 0.194. The Morgan fingerprint density at radius 3 is 2.47 bits per heavy atom. The first kappa shape index (κ1) is 14.1. The van der Waals surface area contributed by atoms with Gasteiger partial charge < -0.3 is 5.32 Å². The van der Waals surface area contributed by atoms with Crippen LogP contribution in [0.5, 0.6) is 0 Å². The van der Waals surface area contributed by atoms with Gasteiger partial charge in [0, 0.05) is 23.7 Å². The van der Waals surface area contributed by atoms with Crippen LogP contribution in [-0.4, -0.2) is 31.1 Å². The molecule has 0 aromatic heterocycles. The summed E-state index contributed by atoms with van der Waals surface area (Å²) in [6.07, 6.45) is 0. The molecule has 0 spiro atoms. The van der Waals surface area contributed by atoms with Crippen molar-refractivity contribution in [2.24, 2.45) is 0 Å². The van der Waals surface area contributed by atoms with Crippen molar-refractivity contribution in [3.05, 3.63) is 35.6 Å². The second-order valence-electron chi connectivity index (χ2n) is 5.25. The number of likely N-dealkylation sites (N-methyl/N-ethyl adjacent to an activating group) is 2. The smallest absolute Gasteiger partial charge is 0.127 e. The molecule has 1 N–H and O–H groups in total. The Morgan fingerprint density at radius 1 is 1.35 bits per heavy atom. The normalized spacial score (nSPS) is 14.1. The van der Waals surface area contributed by atoms with Gasteiger partial charge in [-0.3, -0.25) is 4.90 Å². The molecular weight excluding hydrogens is 215 g/mol. The average molecular weight is 238 g/mol. The number of nitrogens with zero attached hydrogens (tertiary/aromatic N) is 1. The van der Waals surface area contributed by atoms with Crippen LogP contribution in [0, 0.1) is 5.82 Å². The summed E-state index contributed by atoms with van der Waals surface area (Å²) < 4.78 is 13.7. The molecule has 0 bridgehead atoms. The number of benzene rings is 1. The fourth-order valence-corrected chi connectivity index (χ4v) is 1.89. The maximum absolute atomic E-state index is 13.7. The molecule has 0 radical (unpaired) electrons. The van der Waals surface area contributed by atoms with Crippen LogP contribution in [0.1, 0.15) is 32.4 Å². The van der Waals surface area contributed by atoms with E-state index >= 15 is 0 Å². The fourth-order valence-electron chi connectivity index (χ4n) is 1.89. The standard InChI is InChI=1S/C14H23FN2/c1-11(12-8-6-7-9-13(12)15)17(5)10-14(2,3)16-4/h6-9,11,16H,10H2,1-5H3. The number of rotatable bonds is 5. The second-order valence-corrected chi connectivity index (χ2v) is 5.25. The van der Waals surface area contributed by atoms with Crippen molar-refractivity contribution in [1.82, 2.24) is 10.2 Å². The molecule has 0 amide bonds. The zero-order valence-corrected chi connectivity index (χ0v) is 11.4. The van der Waals surface area contributed by atoms with E-state index in [4.69, 9.17) is 0 Å². The number of hydrogen-bond acceptors (Lipinski definition) is 2. The first-order valence-electron chi connectivity index (χ1n) is 6.01. The second kappa shape index (κ2) is 5.61. The van der Waals surface area contributed by atoms with Gasteiger partial charge in [-0.1, -0.05) is 18.2 Å². The minimum atomic E-state index is -0.130. The van der Waals surface area contributed by atoms with Crippen LogP contribution in [0.4, 0.5) is 4.39 Å². The number of hydrogen-bond donors (Lipinski definition) is 1. The van der Waals surface area contributed by atoms with Crippen molar-refractivity contribution in [2.45, 2.75) is 32.4 Å². The number of halogens is 1. The highest BCUT2D eigenvalue weighted by atomic mass is 19.1. The molecule has 0 aliphatic carbocycles. The van der Waals surface area contributed by atoms with Crippen molar-refractivity contribution < 1.29 is 4.39 Å². The Balaban J connectivity index is 2.77. The summed E-state index contributed by atoms with van der Waals surface area (Å²) in [6, 6.07) is 7.05. The molecule has 0 saturated carbocycles. The van der Waals surface area contributed by atoms with E-state index in [0.29, 0.717) is 0 Å². The molecule has 96 valence electrons. The third-order valence-corrected chi connectivity index (χ3v) is 3.34. The van der Waals surface area contributed by atoms with E-state index in [1.165, 1.54) is 6.07 Å². The van der Waals surface area contributed by atoms with Gasteiger partial charge in [-0.25, -0.2) is 4.39 Å². The molecule has 1 aromatic rings. The maximum Gasteiger partial charge on any atom is 0.127 e. The molecule has 0 fully saturated rings. The van der Waals surface area contributed by atoms with Crippen LogP contribution in [0.3, 0.4) is 0 Å². The van der Waals surface area contributed by atoms with E-state index < -0.39 is 0 Å². The van der Waals surface area contributed by atoms with Gasteiger partial charge in [0.05, 0.1) is 0 Å². The minimum Gasteiger partial charge on any atom is -0.314 e. The van der Waals surface area contributed by atoms with Crippen LogP contribution in [0.25, 0.3) is 0 Å². The van der Waals surface area contributed by atoms with Crippen LogP contribution < -0.4 is 5.32 Å². The summed E-state index contributed by atoms with van der Waals surface area (Å²) >= 11 is 0. The van der Waals surface area contributed by atoms with Gasteiger partial charge in [0.1, 0.15) is 5.82 Å². The Morgan fingerprint density at radius 2 is 1.94 bits per heavy atom. The Kier molecular flexibility index (Phi) is 4.66. The third-order valence-electron chi connectivity index (χ3n) is 3.34. The lowest BCUT2D eigenvalue weighted by Gasteiger charge is -2.34. The topological polar surface area (TPSA) is 15.3 Å². The minimum absolute atomic E-state index is 0.0221. The van der Waals surface area contributed by atoms with Crippen LogP contribution >= 0.6 is 0 Å². The van der Waals surface area contributed by atoms with Crippen molar-refractivity contribution in [1.29, 1.82) is 0 Å². The molecule has 1 unspecified atom stereocenters. The lowest BCUT2D eigenvalue weighted by Crippen LogP contribution is -2.46. The molecule has 2 nitrogen and oxygen atoms in total. The van der Waals surface area contributed by atoms with Gasteiger partial charge in [-0.2, -0.15) is 0 Å². The molecule has 0 aliphatic rings. The summed E-state index contributed by atoms with van der Waals surface area (Å²) in [5.74, 6) is -0.130. The van der Waals surface area contributed by atoms with Gasteiger partial charge in [0.25, 0.3) is 0 Å². The highest BCUT2D eigenvalue weighted by Gasteiger charge is 2.22. The first-order valence-corrected chi connectivity index (χ1v) is 6.01. The lowest BCUT2D eigenvalue weighted by atomic mass is 10.0. The van der Waals surface area contributed by atoms with E-state index in [9.17, 15) is 4.39 Å². The van der Waals surface area contributed by atoms with Gasteiger partial charge >= 0.3 is 0 Å². The summed E-state index contributed by atoms with van der Waals surface area (Å²) in [6.45, 7) is 7.16. The highest BCUT2D eigenvalue weighted by molar-refractivity contribution is 5.20. The summed E-state index contributed by atoms with van der Waals surface area (Å²) in [5.41, 5.74) is 0.774. The molecule has 0 saturated heterocycles. The monoisotopic (exact) mass is 238 g/mol. The van der Waals surface area contributed by atoms with Crippen molar-refractivity contribution in [3.63, 3.8) is 0 Å². The summed E-state index contributed by atoms with van der Waals surface area (Å²) in [5, 5.41) is 3.26.